The standard InChI is InChI=1S/C10H13Cl2N.ClH/c1-7(6-13)4-8-5-9(11)2-3-10(8)12;/h2-3,5,7H,4,6,13H2,1H3;1H. The second-order valence-corrected chi connectivity index (χ2v) is 4.12. The molecule has 0 saturated heterocycles. The molecule has 4 heteroatoms. The van der Waals surface area contributed by atoms with Crippen molar-refractivity contribution in [3.05, 3.63) is 33.8 Å². The van der Waals surface area contributed by atoms with Crippen molar-refractivity contribution in [2.75, 3.05) is 6.54 Å². The Morgan fingerprint density at radius 2 is 2.00 bits per heavy atom. The Hall–Kier alpha value is 0.0500. The molecule has 14 heavy (non-hydrogen) atoms. The zero-order chi connectivity index (χ0) is 9.84. The molecule has 1 nitrogen and oxygen atoms in total. The van der Waals surface area contributed by atoms with Gasteiger partial charge in [-0.3, -0.25) is 0 Å². The number of nitrogens with two attached hydrogens (primary N) is 1. The van der Waals surface area contributed by atoms with Crippen molar-refractivity contribution in [2.45, 2.75) is 13.3 Å². The van der Waals surface area contributed by atoms with E-state index in [2.05, 4.69) is 6.92 Å². The van der Waals surface area contributed by atoms with Gasteiger partial charge in [0.15, 0.2) is 0 Å². The minimum atomic E-state index is 0. The summed E-state index contributed by atoms with van der Waals surface area (Å²) in [6, 6.07) is 5.51. The molecule has 0 amide bonds. The molecule has 0 spiro atoms. The molecule has 0 aliphatic carbocycles. The quantitative estimate of drug-likeness (QED) is 0.877. The van der Waals surface area contributed by atoms with E-state index >= 15 is 0 Å². The molecular weight excluding hydrogens is 240 g/mol. The van der Waals surface area contributed by atoms with E-state index in [1.54, 1.807) is 6.07 Å². The van der Waals surface area contributed by atoms with Crippen molar-refractivity contribution in [2.24, 2.45) is 11.7 Å². The van der Waals surface area contributed by atoms with Crippen molar-refractivity contribution >= 4 is 35.6 Å². The Bertz CT molecular complexity index is 289. The fourth-order valence-corrected chi connectivity index (χ4v) is 1.55. The molecule has 0 bridgehead atoms. The van der Waals surface area contributed by atoms with Crippen LogP contribution in [0.5, 0.6) is 0 Å². The van der Waals surface area contributed by atoms with Crippen LogP contribution in [0.25, 0.3) is 0 Å². The number of benzene rings is 1. The summed E-state index contributed by atoms with van der Waals surface area (Å²) in [5.41, 5.74) is 6.61. The summed E-state index contributed by atoms with van der Waals surface area (Å²) in [5, 5.41) is 1.49. The summed E-state index contributed by atoms with van der Waals surface area (Å²) in [6.07, 6.45) is 0.885. The highest BCUT2D eigenvalue weighted by Gasteiger charge is 2.05. The van der Waals surface area contributed by atoms with Gasteiger partial charge in [-0.2, -0.15) is 0 Å². The van der Waals surface area contributed by atoms with E-state index in [1.165, 1.54) is 0 Å². The molecule has 0 saturated carbocycles. The molecule has 1 aromatic carbocycles. The van der Waals surface area contributed by atoms with Gasteiger partial charge in [-0.05, 0) is 42.6 Å². The highest BCUT2D eigenvalue weighted by molar-refractivity contribution is 6.33. The van der Waals surface area contributed by atoms with Crippen LogP contribution in [0.4, 0.5) is 0 Å². The lowest BCUT2D eigenvalue weighted by molar-refractivity contribution is 0.593. The molecule has 0 aliphatic heterocycles. The average molecular weight is 255 g/mol. The Balaban J connectivity index is 0.00000169. The lowest BCUT2D eigenvalue weighted by Gasteiger charge is -2.09. The van der Waals surface area contributed by atoms with Crippen LogP contribution < -0.4 is 5.73 Å². The number of rotatable bonds is 3. The van der Waals surface area contributed by atoms with Gasteiger partial charge in [-0.15, -0.1) is 12.4 Å². The van der Waals surface area contributed by atoms with Crippen molar-refractivity contribution in [1.29, 1.82) is 0 Å². The highest BCUT2D eigenvalue weighted by atomic mass is 35.5. The fourth-order valence-electron chi connectivity index (χ4n) is 1.16. The molecule has 80 valence electrons. The van der Waals surface area contributed by atoms with Gasteiger partial charge in [-0.25, -0.2) is 0 Å². The molecule has 1 rings (SSSR count). The maximum atomic E-state index is 6.00. The van der Waals surface area contributed by atoms with Gasteiger partial charge in [0.1, 0.15) is 0 Å². The number of hydrogen-bond donors (Lipinski definition) is 1. The molecule has 0 heterocycles. The lowest BCUT2D eigenvalue weighted by atomic mass is 10.0. The first-order valence-corrected chi connectivity index (χ1v) is 5.03. The van der Waals surface area contributed by atoms with E-state index in [0.717, 1.165) is 22.0 Å². The predicted molar refractivity (Wildman–Crippen MR) is 65.6 cm³/mol. The molecule has 0 fully saturated rings. The second-order valence-electron chi connectivity index (χ2n) is 3.28. The van der Waals surface area contributed by atoms with Gasteiger partial charge >= 0.3 is 0 Å². The van der Waals surface area contributed by atoms with Crippen molar-refractivity contribution in [1.82, 2.24) is 0 Å². The maximum Gasteiger partial charge on any atom is 0.0439 e. The van der Waals surface area contributed by atoms with Gasteiger partial charge < -0.3 is 5.73 Å². The first kappa shape index (κ1) is 14.1. The SMILES string of the molecule is CC(CN)Cc1cc(Cl)ccc1Cl.Cl. The van der Waals surface area contributed by atoms with Gasteiger partial charge in [0, 0.05) is 10.0 Å². The zero-order valence-corrected chi connectivity index (χ0v) is 10.3. The van der Waals surface area contributed by atoms with Crippen LogP contribution in [0.1, 0.15) is 12.5 Å². The van der Waals surface area contributed by atoms with Crippen LogP contribution in [-0.2, 0) is 6.42 Å². The Morgan fingerprint density at radius 1 is 1.36 bits per heavy atom. The molecule has 1 aromatic rings. The summed E-state index contributed by atoms with van der Waals surface area (Å²) in [5.74, 6) is 0.441. The van der Waals surface area contributed by atoms with Gasteiger partial charge in [0.2, 0.25) is 0 Å². The second kappa shape index (κ2) is 6.52. The average Bonchev–Trinajstić information content (AvgIpc) is 2.11. The van der Waals surface area contributed by atoms with E-state index in [9.17, 15) is 0 Å². The van der Waals surface area contributed by atoms with Crippen LogP contribution in [0.3, 0.4) is 0 Å². The molecular formula is C10H14Cl3N. The van der Waals surface area contributed by atoms with E-state index in [-0.39, 0.29) is 12.4 Å². The summed E-state index contributed by atoms with van der Waals surface area (Å²) >= 11 is 11.9. The van der Waals surface area contributed by atoms with Gasteiger partial charge in [0.05, 0.1) is 0 Å². The van der Waals surface area contributed by atoms with Crippen molar-refractivity contribution in [3.63, 3.8) is 0 Å². The van der Waals surface area contributed by atoms with E-state index < -0.39 is 0 Å². The Kier molecular flexibility index (Phi) is 6.54. The minimum Gasteiger partial charge on any atom is -0.330 e. The zero-order valence-electron chi connectivity index (χ0n) is 7.97. The van der Waals surface area contributed by atoms with E-state index in [4.69, 9.17) is 28.9 Å². The van der Waals surface area contributed by atoms with Gasteiger partial charge in [-0.1, -0.05) is 30.1 Å². The largest absolute Gasteiger partial charge is 0.330 e. The normalized spacial score (nSPS) is 12.0. The molecule has 2 N–H and O–H groups in total. The number of halogens is 3. The first-order valence-electron chi connectivity index (χ1n) is 4.27. The molecule has 0 aromatic heterocycles. The fraction of sp³-hybridized carbons (Fsp3) is 0.400. The first-order chi connectivity index (χ1) is 6.13. The Labute approximate surface area is 101 Å². The molecule has 0 aliphatic rings. The third-order valence-corrected chi connectivity index (χ3v) is 2.58. The molecule has 1 unspecified atom stereocenters. The third-order valence-electron chi connectivity index (χ3n) is 1.98. The summed E-state index contributed by atoms with van der Waals surface area (Å²) in [6.45, 7) is 2.76. The van der Waals surface area contributed by atoms with Crippen molar-refractivity contribution in [3.8, 4) is 0 Å². The minimum absolute atomic E-state index is 0. The van der Waals surface area contributed by atoms with Crippen molar-refractivity contribution < 1.29 is 0 Å². The van der Waals surface area contributed by atoms with E-state index in [1.807, 2.05) is 12.1 Å². The topological polar surface area (TPSA) is 26.0 Å². The summed E-state index contributed by atoms with van der Waals surface area (Å²) < 4.78 is 0. The van der Waals surface area contributed by atoms with Crippen LogP contribution in [0.2, 0.25) is 10.0 Å². The van der Waals surface area contributed by atoms with Crippen LogP contribution in [-0.4, -0.2) is 6.54 Å². The highest BCUT2D eigenvalue weighted by Crippen LogP contribution is 2.22. The molecule has 0 radical (unpaired) electrons. The summed E-state index contributed by atoms with van der Waals surface area (Å²) in [7, 11) is 0. The predicted octanol–water partition coefficient (Wildman–Crippen LogP) is 3.55. The van der Waals surface area contributed by atoms with Crippen LogP contribution in [0.15, 0.2) is 18.2 Å². The summed E-state index contributed by atoms with van der Waals surface area (Å²) in [4.78, 5) is 0. The third kappa shape index (κ3) is 4.05. The van der Waals surface area contributed by atoms with Crippen LogP contribution >= 0.6 is 35.6 Å². The smallest absolute Gasteiger partial charge is 0.0439 e. The Morgan fingerprint density at radius 3 is 2.57 bits per heavy atom. The molecule has 1 atom stereocenters. The van der Waals surface area contributed by atoms with Crippen LogP contribution in [0, 0.1) is 5.92 Å². The van der Waals surface area contributed by atoms with E-state index in [0.29, 0.717) is 12.5 Å². The lowest BCUT2D eigenvalue weighted by Crippen LogP contribution is -2.13. The maximum absolute atomic E-state index is 6.00. The number of hydrogen-bond acceptors (Lipinski definition) is 1. The van der Waals surface area contributed by atoms with Gasteiger partial charge in [0.25, 0.3) is 0 Å². The monoisotopic (exact) mass is 253 g/mol.